The highest BCUT2D eigenvalue weighted by Crippen LogP contribution is 2.33. The van der Waals surface area contributed by atoms with Crippen molar-refractivity contribution in [1.29, 1.82) is 0 Å². The van der Waals surface area contributed by atoms with Crippen molar-refractivity contribution in [3.05, 3.63) is 12.2 Å². The number of carbonyl (C=O) groups is 1. The van der Waals surface area contributed by atoms with Gasteiger partial charge in [-0.05, 0) is 12.8 Å². The SMILES string of the molecule is CCCC/C=C/C(O)C(COC1OC(CO)C(OC2OC(CO)C(OC3OC(CO)C(O)C(O)C3O)C(O)C2O)C(O)C1O)NC(=O)CCCCCCCCCCCCCCCCCCCCCCCCCCCCCCCCCCCCCC. The summed E-state index contributed by atoms with van der Waals surface area (Å²) < 4.78 is 34.1. The molecule has 17 unspecified atom stereocenters. The van der Waals surface area contributed by atoms with Crippen molar-refractivity contribution in [3.8, 4) is 0 Å². The van der Waals surface area contributed by atoms with Gasteiger partial charge in [-0.3, -0.25) is 4.79 Å². The van der Waals surface area contributed by atoms with Crippen LogP contribution >= 0.6 is 0 Å². The van der Waals surface area contributed by atoms with E-state index in [0.29, 0.717) is 12.8 Å². The number of aliphatic hydroxyl groups excluding tert-OH is 11. The minimum absolute atomic E-state index is 0.247. The van der Waals surface area contributed by atoms with Crippen LogP contribution in [0.25, 0.3) is 0 Å². The minimum atomic E-state index is -1.97. The van der Waals surface area contributed by atoms with Gasteiger partial charge in [0.2, 0.25) is 5.91 Å². The third-order valence-electron chi connectivity index (χ3n) is 17.6. The summed E-state index contributed by atoms with van der Waals surface area (Å²) in [5.74, 6) is -0.280. The summed E-state index contributed by atoms with van der Waals surface area (Å²) in [7, 11) is 0. The van der Waals surface area contributed by atoms with Gasteiger partial charge in [0.1, 0.15) is 73.2 Å². The van der Waals surface area contributed by atoms with E-state index in [2.05, 4.69) is 12.2 Å². The number of allylic oxidation sites excluding steroid dienone is 1. The molecule has 3 rings (SSSR count). The third-order valence-corrected chi connectivity index (χ3v) is 17.6. The minimum Gasteiger partial charge on any atom is -0.394 e. The molecule has 0 bridgehead atoms. The second-order valence-electron chi connectivity index (χ2n) is 25.0. The fourth-order valence-corrected chi connectivity index (χ4v) is 11.9. The van der Waals surface area contributed by atoms with Crippen molar-refractivity contribution in [2.75, 3.05) is 26.4 Å². The molecular weight excluding hydrogens is 1090 g/mol. The Morgan fingerprint density at radius 1 is 0.412 bits per heavy atom. The summed E-state index contributed by atoms with van der Waals surface area (Å²) >= 11 is 0. The average molecular weight is 1220 g/mol. The van der Waals surface area contributed by atoms with Gasteiger partial charge in [0.25, 0.3) is 0 Å². The Bertz CT molecular complexity index is 1600. The predicted octanol–water partition coefficient (Wildman–Crippen LogP) is 8.50. The third kappa shape index (κ3) is 31.9. The first-order valence-corrected chi connectivity index (χ1v) is 34.4. The highest BCUT2D eigenvalue weighted by atomic mass is 16.8. The molecule has 1 amide bonds. The summed E-state index contributed by atoms with van der Waals surface area (Å²) in [5.41, 5.74) is 0. The number of carbonyl (C=O) groups excluding carboxylic acids is 1. The van der Waals surface area contributed by atoms with Gasteiger partial charge in [-0.15, -0.1) is 0 Å². The van der Waals surface area contributed by atoms with Crippen molar-refractivity contribution in [3.63, 3.8) is 0 Å². The molecule has 3 aliphatic rings. The lowest BCUT2D eigenvalue weighted by molar-refractivity contribution is -0.379. The van der Waals surface area contributed by atoms with E-state index in [9.17, 15) is 61.0 Å². The van der Waals surface area contributed by atoms with Gasteiger partial charge in [-0.1, -0.05) is 264 Å². The van der Waals surface area contributed by atoms with Crippen LogP contribution in [0.15, 0.2) is 12.2 Å². The van der Waals surface area contributed by atoms with Crippen molar-refractivity contribution < 1.29 is 89.4 Å². The molecule has 0 radical (unpaired) electrons. The van der Waals surface area contributed by atoms with Crippen LogP contribution in [0, 0.1) is 0 Å². The van der Waals surface area contributed by atoms with Gasteiger partial charge in [0.15, 0.2) is 18.9 Å². The number of ether oxygens (including phenoxy) is 6. The molecule has 0 aromatic carbocycles. The van der Waals surface area contributed by atoms with Crippen molar-refractivity contribution >= 4 is 5.91 Å². The molecule has 19 heteroatoms. The first-order valence-electron chi connectivity index (χ1n) is 34.4. The Hall–Kier alpha value is -1.47. The van der Waals surface area contributed by atoms with Crippen LogP contribution in [0.1, 0.15) is 271 Å². The topological polar surface area (TPSA) is 307 Å². The molecule has 3 saturated heterocycles. The standard InChI is InChI=1S/C66H125NO18/c1-3-5-7-9-10-11-12-13-14-15-16-17-18-19-20-21-22-23-24-25-26-27-28-29-30-31-32-33-34-35-36-37-38-39-40-42-44-54(72)67-49(50(71)43-41-8-6-4-2)48-80-64-60(78)57(75)62(52(46-69)82-64)85-66-61(79)58(76)63(53(47-70)83-66)84-65-59(77)56(74)55(73)51(45-68)81-65/h41,43,49-53,55-66,68-71,73-79H,3-40,42,44-48H2,1-2H3,(H,67,72)/b43-41+. The molecule has 3 aliphatic heterocycles. The Labute approximate surface area is 512 Å². The van der Waals surface area contributed by atoms with Gasteiger partial charge >= 0.3 is 0 Å². The lowest BCUT2D eigenvalue weighted by Crippen LogP contribution is -2.66. The van der Waals surface area contributed by atoms with E-state index >= 15 is 0 Å². The number of unbranched alkanes of at least 4 members (excludes halogenated alkanes) is 37. The highest BCUT2D eigenvalue weighted by molar-refractivity contribution is 5.76. The molecule has 19 nitrogen and oxygen atoms in total. The van der Waals surface area contributed by atoms with Crippen LogP contribution < -0.4 is 5.32 Å². The molecule has 0 aliphatic carbocycles. The van der Waals surface area contributed by atoms with E-state index in [1.54, 1.807) is 6.08 Å². The van der Waals surface area contributed by atoms with Crippen LogP contribution in [0.3, 0.4) is 0 Å². The fourth-order valence-electron chi connectivity index (χ4n) is 11.9. The highest BCUT2D eigenvalue weighted by Gasteiger charge is 2.53. The second-order valence-corrected chi connectivity index (χ2v) is 25.0. The fraction of sp³-hybridized carbons (Fsp3) is 0.955. The van der Waals surface area contributed by atoms with E-state index in [-0.39, 0.29) is 18.9 Å². The van der Waals surface area contributed by atoms with Crippen LogP contribution in [-0.2, 0) is 33.2 Å². The molecule has 0 aromatic heterocycles. The smallest absolute Gasteiger partial charge is 0.220 e. The zero-order chi connectivity index (χ0) is 61.9. The molecule has 0 saturated carbocycles. The lowest BCUT2D eigenvalue weighted by atomic mass is 9.96. The zero-order valence-corrected chi connectivity index (χ0v) is 52.9. The Kier molecular flexibility index (Phi) is 45.1. The molecule has 3 fully saturated rings. The van der Waals surface area contributed by atoms with E-state index in [0.717, 1.165) is 32.1 Å². The summed E-state index contributed by atoms with van der Waals surface area (Å²) in [6.45, 7) is 1.58. The van der Waals surface area contributed by atoms with Crippen LogP contribution in [0.5, 0.6) is 0 Å². The maximum Gasteiger partial charge on any atom is 0.220 e. The quantitative estimate of drug-likeness (QED) is 0.0201. The first kappa shape index (κ1) is 77.8. The van der Waals surface area contributed by atoms with Crippen LogP contribution in [0.2, 0.25) is 0 Å². The number of nitrogens with one attached hydrogen (secondary N) is 1. The molecule has 502 valence electrons. The van der Waals surface area contributed by atoms with E-state index in [4.69, 9.17) is 28.4 Å². The maximum absolute atomic E-state index is 13.2. The molecule has 0 spiro atoms. The van der Waals surface area contributed by atoms with Crippen LogP contribution in [0.4, 0.5) is 0 Å². The van der Waals surface area contributed by atoms with E-state index in [1.807, 2.05) is 13.0 Å². The second kappa shape index (κ2) is 49.3. The van der Waals surface area contributed by atoms with E-state index < -0.39 is 124 Å². The normalized spacial score (nSPS) is 29.0. The number of amides is 1. The molecule has 0 aromatic rings. The van der Waals surface area contributed by atoms with E-state index in [1.165, 1.54) is 205 Å². The summed E-state index contributed by atoms with van der Waals surface area (Å²) in [6, 6.07) is -0.964. The first-order chi connectivity index (χ1) is 41.3. The zero-order valence-electron chi connectivity index (χ0n) is 52.9. The van der Waals surface area contributed by atoms with Gasteiger partial charge in [-0.2, -0.15) is 0 Å². The molecule has 3 heterocycles. The van der Waals surface area contributed by atoms with Crippen molar-refractivity contribution in [2.45, 2.75) is 375 Å². The maximum atomic E-state index is 13.2. The summed E-state index contributed by atoms with van der Waals surface area (Å²) in [6.07, 6.45) is 27.8. The van der Waals surface area contributed by atoms with Crippen molar-refractivity contribution in [1.82, 2.24) is 5.32 Å². The summed E-state index contributed by atoms with van der Waals surface area (Å²) in [4.78, 5) is 13.2. The number of rotatable bonds is 53. The van der Waals surface area contributed by atoms with Gasteiger partial charge in [0, 0.05) is 6.42 Å². The molecule has 85 heavy (non-hydrogen) atoms. The predicted molar refractivity (Wildman–Crippen MR) is 328 cm³/mol. The number of hydrogen-bond donors (Lipinski definition) is 12. The number of hydrogen-bond acceptors (Lipinski definition) is 18. The number of aliphatic hydroxyl groups is 11. The molecule has 12 N–H and O–H groups in total. The summed E-state index contributed by atoms with van der Waals surface area (Å²) in [5, 5.41) is 119. The largest absolute Gasteiger partial charge is 0.394 e. The average Bonchev–Trinajstić information content (AvgIpc) is 2.01. The molecular formula is C66H125NO18. The Morgan fingerprint density at radius 3 is 1.09 bits per heavy atom. The lowest BCUT2D eigenvalue weighted by Gasteiger charge is -2.48. The molecule has 17 atom stereocenters. The Balaban J connectivity index is 1.22. The van der Waals surface area contributed by atoms with Gasteiger partial charge in [-0.25, -0.2) is 0 Å². The monoisotopic (exact) mass is 1220 g/mol. The van der Waals surface area contributed by atoms with Gasteiger partial charge < -0.3 is 89.9 Å². The van der Waals surface area contributed by atoms with Gasteiger partial charge in [0.05, 0.1) is 38.6 Å². The van der Waals surface area contributed by atoms with Crippen molar-refractivity contribution in [2.24, 2.45) is 0 Å². The van der Waals surface area contributed by atoms with Crippen LogP contribution in [-0.4, -0.2) is 193 Å². The Morgan fingerprint density at radius 2 is 0.729 bits per heavy atom.